The van der Waals surface area contributed by atoms with Crippen LogP contribution in [0.5, 0.6) is 0 Å². The lowest BCUT2D eigenvalue weighted by Gasteiger charge is -2.19. The molecule has 1 saturated heterocycles. The number of hydrogen-bond donors (Lipinski definition) is 2. The lowest BCUT2D eigenvalue weighted by atomic mass is 9.92. The average molecular weight is 239 g/mol. The first-order valence-electron chi connectivity index (χ1n) is 4.44. The van der Waals surface area contributed by atoms with E-state index in [1.165, 1.54) is 12.1 Å². The van der Waals surface area contributed by atoms with Gasteiger partial charge in [-0.25, -0.2) is 4.79 Å². The third-order valence-electron chi connectivity index (χ3n) is 2.37. The van der Waals surface area contributed by atoms with E-state index in [9.17, 15) is 14.4 Å². The van der Waals surface area contributed by atoms with Crippen LogP contribution in [0.3, 0.4) is 0 Å². The Kier molecular flexibility index (Phi) is 2.40. The summed E-state index contributed by atoms with van der Waals surface area (Å²) >= 11 is 5.70. The Hall–Kier alpha value is -1.88. The summed E-state index contributed by atoms with van der Waals surface area (Å²) in [5.74, 6) is -0.685. The quantitative estimate of drug-likeness (QED) is 0.449. The fourth-order valence-electron chi connectivity index (χ4n) is 1.54. The van der Waals surface area contributed by atoms with Crippen molar-refractivity contribution in [2.45, 2.75) is 5.54 Å². The maximum Gasteiger partial charge on any atom is 0.322 e. The van der Waals surface area contributed by atoms with Crippen LogP contribution in [0, 0.1) is 0 Å². The molecule has 1 aliphatic rings. The summed E-state index contributed by atoms with van der Waals surface area (Å²) in [7, 11) is 0. The molecule has 2 N–H and O–H groups in total. The number of hydrogen-bond acceptors (Lipinski definition) is 3. The summed E-state index contributed by atoms with van der Waals surface area (Å²) < 4.78 is 0. The highest BCUT2D eigenvalue weighted by molar-refractivity contribution is 6.30. The molecule has 0 bridgehead atoms. The van der Waals surface area contributed by atoms with Crippen LogP contribution in [0.25, 0.3) is 0 Å². The van der Waals surface area contributed by atoms with Crippen molar-refractivity contribution in [3.05, 3.63) is 34.9 Å². The maximum absolute atomic E-state index is 11.6. The molecule has 1 heterocycles. The summed E-state index contributed by atoms with van der Waals surface area (Å²) in [5.41, 5.74) is -1.27. The molecule has 1 aliphatic heterocycles. The Balaban J connectivity index is 2.50. The smallest absolute Gasteiger partial charge is 0.314 e. The molecule has 1 aromatic carbocycles. The van der Waals surface area contributed by atoms with Gasteiger partial charge in [-0.3, -0.25) is 14.9 Å². The van der Waals surface area contributed by atoms with Crippen LogP contribution >= 0.6 is 11.6 Å². The van der Waals surface area contributed by atoms with Crippen LogP contribution in [-0.2, 0) is 15.1 Å². The number of carbonyl (C=O) groups is 3. The van der Waals surface area contributed by atoms with Crippen molar-refractivity contribution in [2.75, 3.05) is 0 Å². The molecule has 1 aromatic rings. The van der Waals surface area contributed by atoms with Crippen LogP contribution in [0.15, 0.2) is 24.3 Å². The Labute approximate surface area is 95.8 Å². The molecule has 82 valence electrons. The van der Waals surface area contributed by atoms with Crippen LogP contribution in [0.2, 0.25) is 5.02 Å². The number of halogens is 1. The van der Waals surface area contributed by atoms with Crippen molar-refractivity contribution in [1.82, 2.24) is 10.6 Å². The largest absolute Gasteiger partial charge is 0.322 e. The molecule has 0 saturated carbocycles. The van der Waals surface area contributed by atoms with Crippen molar-refractivity contribution in [3.8, 4) is 0 Å². The molecule has 1 fully saturated rings. The molecule has 6 heteroatoms. The van der Waals surface area contributed by atoms with Gasteiger partial charge in [0, 0.05) is 5.02 Å². The number of rotatable bonds is 2. The topological polar surface area (TPSA) is 75.3 Å². The number of benzene rings is 1. The fourth-order valence-corrected chi connectivity index (χ4v) is 1.66. The van der Waals surface area contributed by atoms with E-state index in [1.807, 2.05) is 5.32 Å². The zero-order valence-electron chi connectivity index (χ0n) is 7.99. The monoisotopic (exact) mass is 238 g/mol. The second-order valence-corrected chi connectivity index (χ2v) is 3.78. The van der Waals surface area contributed by atoms with Crippen LogP contribution in [-0.4, -0.2) is 18.2 Å². The number of urea groups is 1. The average Bonchev–Trinajstić information content (AvgIpc) is 2.55. The zero-order valence-corrected chi connectivity index (χ0v) is 8.75. The van der Waals surface area contributed by atoms with Crippen molar-refractivity contribution < 1.29 is 14.4 Å². The SMILES string of the molecule is O=CC1(c2ccc(Cl)cc2)NC(=O)NC1=O. The van der Waals surface area contributed by atoms with E-state index in [2.05, 4.69) is 5.32 Å². The number of carbonyl (C=O) groups excluding carboxylic acids is 3. The molecule has 1 unspecified atom stereocenters. The summed E-state index contributed by atoms with van der Waals surface area (Å²) in [6.07, 6.45) is 0.399. The van der Waals surface area contributed by atoms with Crippen molar-refractivity contribution in [3.63, 3.8) is 0 Å². The van der Waals surface area contributed by atoms with E-state index in [-0.39, 0.29) is 0 Å². The summed E-state index contributed by atoms with van der Waals surface area (Å²) in [6, 6.07) is 5.43. The summed E-state index contributed by atoms with van der Waals surface area (Å²) in [4.78, 5) is 33.7. The first kappa shape index (κ1) is 10.6. The second kappa shape index (κ2) is 3.61. The van der Waals surface area contributed by atoms with Crippen molar-refractivity contribution in [1.29, 1.82) is 0 Å². The van der Waals surface area contributed by atoms with E-state index < -0.39 is 17.5 Å². The first-order valence-corrected chi connectivity index (χ1v) is 4.82. The fraction of sp³-hybridized carbons (Fsp3) is 0.100. The lowest BCUT2D eigenvalue weighted by molar-refractivity contribution is -0.129. The van der Waals surface area contributed by atoms with Crippen molar-refractivity contribution >= 4 is 29.8 Å². The minimum absolute atomic E-state index is 0.371. The van der Waals surface area contributed by atoms with Crippen LogP contribution in [0.4, 0.5) is 4.79 Å². The molecular formula is C10H7ClN2O3. The molecular weight excluding hydrogens is 232 g/mol. The van der Waals surface area contributed by atoms with Crippen LogP contribution < -0.4 is 10.6 Å². The van der Waals surface area contributed by atoms with Gasteiger partial charge in [0.25, 0.3) is 5.91 Å². The van der Waals surface area contributed by atoms with E-state index in [4.69, 9.17) is 11.6 Å². The van der Waals surface area contributed by atoms with E-state index in [0.717, 1.165) is 0 Å². The minimum atomic E-state index is -1.64. The molecule has 5 nitrogen and oxygen atoms in total. The predicted molar refractivity (Wildman–Crippen MR) is 55.9 cm³/mol. The minimum Gasteiger partial charge on any atom is -0.314 e. The zero-order chi connectivity index (χ0) is 11.8. The van der Waals surface area contributed by atoms with E-state index in [0.29, 0.717) is 16.9 Å². The number of amides is 3. The standard InChI is InChI=1S/C10H7ClN2O3/c11-7-3-1-6(2-4-7)10(5-14)8(15)12-9(16)13-10/h1-5H,(H2,12,13,15,16). The third-order valence-corrected chi connectivity index (χ3v) is 2.62. The van der Waals surface area contributed by atoms with Gasteiger partial charge in [-0.05, 0) is 17.7 Å². The van der Waals surface area contributed by atoms with E-state index in [1.54, 1.807) is 12.1 Å². The molecule has 0 aromatic heterocycles. The van der Waals surface area contributed by atoms with Gasteiger partial charge in [0.15, 0.2) is 6.29 Å². The predicted octanol–water partition coefficient (Wildman–Crippen LogP) is 0.574. The molecule has 1 atom stereocenters. The highest BCUT2D eigenvalue weighted by Crippen LogP contribution is 2.24. The first-order chi connectivity index (χ1) is 7.58. The van der Waals surface area contributed by atoms with Crippen LogP contribution in [0.1, 0.15) is 5.56 Å². The molecule has 0 spiro atoms. The lowest BCUT2D eigenvalue weighted by Crippen LogP contribution is -2.45. The number of aldehydes is 1. The van der Waals surface area contributed by atoms with Gasteiger partial charge in [-0.15, -0.1) is 0 Å². The Morgan fingerprint density at radius 2 is 1.81 bits per heavy atom. The maximum atomic E-state index is 11.6. The van der Waals surface area contributed by atoms with Gasteiger partial charge in [0.05, 0.1) is 0 Å². The van der Waals surface area contributed by atoms with Gasteiger partial charge in [-0.2, -0.15) is 0 Å². The number of imide groups is 1. The third kappa shape index (κ3) is 1.45. The molecule has 0 aliphatic carbocycles. The highest BCUT2D eigenvalue weighted by atomic mass is 35.5. The summed E-state index contributed by atoms with van der Waals surface area (Å²) in [6.45, 7) is 0. The Morgan fingerprint density at radius 3 is 2.25 bits per heavy atom. The molecule has 0 radical (unpaired) electrons. The number of nitrogens with one attached hydrogen (secondary N) is 2. The van der Waals surface area contributed by atoms with Gasteiger partial charge < -0.3 is 5.32 Å². The van der Waals surface area contributed by atoms with Gasteiger partial charge in [0.1, 0.15) is 0 Å². The second-order valence-electron chi connectivity index (χ2n) is 3.34. The highest BCUT2D eigenvalue weighted by Gasteiger charge is 2.47. The van der Waals surface area contributed by atoms with Gasteiger partial charge in [-0.1, -0.05) is 23.7 Å². The Morgan fingerprint density at radius 1 is 1.19 bits per heavy atom. The van der Waals surface area contributed by atoms with Crippen molar-refractivity contribution in [2.24, 2.45) is 0 Å². The van der Waals surface area contributed by atoms with Gasteiger partial charge >= 0.3 is 6.03 Å². The normalized spacial score (nSPS) is 23.8. The molecule has 3 amide bonds. The Bertz CT molecular complexity index is 471. The molecule has 2 rings (SSSR count). The summed E-state index contributed by atoms with van der Waals surface area (Å²) in [5, 5.41) is 4.79. The van der Waals surface area contributed by atoms with E-state index >= 15 is 0 Å². The van der Waals surface area contributed by atoms with Gasteiger partial charge in [0.2, 0.25) is 5.54 Å². The molecule has 16 heavy (non-hydrogen) atoms.